The number of thioether (sulfide) groups is 1. The summed E-state index contributed by atoms with van der Waals surface area (Å²) >= 11 is 1.92. The molecule has 0 spiro atoms. The number of ether oxygens (including phenoxy) is 2. The van der Waals surface area contributed by atoms with E-state index < -0.39 is 5.54 Å². The quantitative estimate of drug-likeness (QED) is 0.524. The first-order valence-electron chi connectivity index (χ1n) is 7.53. The molecule has 0 saturated carbocycles. The van der Waals surface area contributed by atoms with Crippen LogP contribution in [-0.4, -0.2) is 48.9 Å². The van der Waals surface area contributed by atoms with Gasteiger partial charge in [0.15, 0.2) is 0 Å². The van der Waals surface area contributed by atoms with E-state index in [1.54, 1.807) is 0 Å². The van der Waals surface area contributed by atoms with Gasteiger partial charge >= 0.3 is 5.97 Å². The molecule has 1 rings (SSSR count). The number of nitrogens with one attached hydrogen (secondary N) is 1. The third-order valence-electron chi connectivity index (χ3n) is 3.54. The monoisotopic (exact) mass is 303 g/mol. The lowest BCUT2D eigenvalue weighted by molar-refractivity contribution is -0.148. The van der Waals surface area contributed by atoms with E-state index in [1.165, 1.54) is 20.0 Å². The Morgan fingerprint density at radius 1 is 1.55 bits per heavy atom. The second-order valence-electron chi connectivity index (χ2n) is 5.94. The van der Waals surface area contributed by atoms with Crippen molar-refractivity contribution < 1.29 is 14.3 Å². The Labute approximate surface area is 127 Å². The summed E-state index contributed by atoms with van der Waals surface area (Å²) in [4.78, 5) is 11.9. The molecular formula is C15H29NO3S. The number of carbonyl (C=O) groups excluding carboxylic acids is 1. The normalized spacial score (nSPS) is 21.9. The lowest BCUT2D eigenvalue weighted by atomic mass is 9.95. The molecule has 0 radical (unpaired) electrons. The summed E-state index contributed by atoms with van der Waals surface area (Å²) in [6, 6.07) is 0.263. The van der Waals surface area contributed by atoms with Crippen LogP contribution in [0.15, 0.2) is 0 Å². The van der Waals surface area contributed by atoms with Gasteiger partial charge in [0.25, 0.3) is 0 Å². The van der Waals surface area contributed by atoms with Gasteiger partial charge in [-0.05, 0) is 52.2 Å². The fraction of sp³-hybridized carbons (Fsp3) is 0.933. The van der Waals surface area contributed by atoms with Crippen LogP contribution in [-0.2, 0) is 14.3 Å². The predicted octanol–water partition coefficient (Wildman–Crippen LogP) is 2.61. The number of rotatable bonds is 9. The van der Waals surface area contributed by atoms with Crippen LogP contribution in [0.25, 0.3) is 0 Å². The van der Waals surface area contributed by atoms with Crippen molar-refractivity contribution in [3.05, 3.63) is 0 Å². The average molecular weight is 303 g/mol. The number of esters is 1. The second-order valence-corrected chi connectivity index (χ2v) is 7.09. The highest BCUT2D eigenvalue weighted by Gasteiger charge is 2.34. The van der Waals surface area contributed by atoms with Crippen LogP contribution in [0.4, 0.5) is 0 Å². The molecule has 118 valence electrons. The van der Waals surface area contributed by atoms with Crippen molar-refractivity contribution in [2.24, 2.45) is 0 Å². The summed E-state index contributed by atoms with van der Waals surface area (Å²) in [5.74, 6) is 1.97. The molecule has 1 aliphatic heterocycles. The first-order valence-corrected chi connectivity index (χ1v) is 8.69. The largest absolute Gasteiger partial charge is 0.468 e. The van der Waals surface area contributed by atoms with Crippen molar-refractivity contribution in [2.45, 2.75) is 64.1 Å². The van der Waals surface area contributed by atoms with Gasteiger partial charge in [-0.3, -0.25) is 10.1 Å². The molecule has 1 saturated heterocycles. The molecule has 0 bridgehead atoms. The van der Waals surface area contributed by atoms with E-state index in [-0.39, 0.29) is 12.0 Å². The molecular weight excluding hydrogens is 274 g/mol. The van der Waals surface area contributed by atoms with E-state index in [9.17, 15) is 4.79 Å². The molecule has 20 heavy (non-hydrogen) atoms. The minimum atomic E-state index is -0.576. The van der Waals surface area contributed by atoms with Crippen LogP contribution in [0.3, 0.4) is 0 Å². The maximum absolute atomic E-state index is 11.9. The van der Waals surface area contributed by atoms with Gasteiger partial charge in [-0.2, -0.15) is 11.8 Å². The third kappa shape index (κ3) is 6.02. The zero-order valence-electron chi connectivity index (χ0n) is 13.2. The molecule has 1 N–H and O–H groups in total. The molecule has 0 aliphatic carbocycles. The molecule has 1 fully saturated rings. The fourth-order valence-corrected chi connectivity index (χ4v) is 3.65. The molecule has 2 unspecified atom stereocenters. The topological polar surface area (TPSA) is 47.6 Å². The van der Waals surface area contributed by atoms with Gasteiger partial charge in [0.2, 0.25) is 0 Å². The molecule has 2 atom stereocenters. The number of carbonyl (C=O) groups is 1. The van der Waals surface area contributed by atoms with Crippen LogP contribution < -0.4 is 5.32 Å². The van der Waals surface area contributed by atoms with Crippen LogP contribution >= 0.6 is 11.8 Å². The first kappa shape index (κ1) is 17.8. The lowest BCUT2D eigenvalue weighted by Crippen LogP contribution is -2.53. The van der Waals surface area contributed by atoms with Crippen LogP contribution in [0.5, 0.6) is 0 Å². The third-order valence-corrected chi connectivity index (χ3v) is 4.72. The van der Waals surface area contributed by atoms with E-state index >= 15 is 0 Å². The number of hydrogen-bond donors (Lipinski definition) is 1. The molecule has 0 amide bonds. The summed E-state index contributed by atoms with van der Waals surface area (Å²) in [7, 11) is 1.45. The summed E-state index contributed by atoms with van der Waals surface area (Å²) in [5.41, 5.74) is -0.576. The van der Waals surface area contributed by atoms with Gasteiger partial charge in [-0.15, -0.1) is 0 Å². The zero-order chi connectivity index (χ0) is 15.0. The Morgan fingerprint density at radius 2 is 2.30 bits per heavy atom. The highest BCUT2D eigenvalue weighted by Crippen LogP contribution is 2.21. The fourth-order valence-electron chi connectivity index (χ4n) is 2.61. The number of methoxy groups -OCH3 is 1. The highest BCUT2D eigenvalue weighted by atomic mass is 32.2. The SMILES string of the molecule is COC(=O)C(C)(CCCSCC1CCCO1)NC(C)C. The smallest absolute Gasteiger partial charge is 0.325 e. The Morgan fingerprint density at radius 3 is 2.85 bits per heavy atom. The van der Waals surface area contributed by atoms with Crippen molar-refractivity contribution in [3.8, 4) is 0 Å². The molecule has 0 aromatic carbocycles. The Kier molecular flexibility index (Phi) is 7.92. The maximum atomic E-state index is 11.9. The standard InChI is InChI=1S/C15H29NO3S/c1-12(2)16-15(3,14(17)18-4)8-6-10-20-11-13-7-5-9-19-13/h12-13,16H,5-11H2,1-4H3. The lowest BCUT2D eigenvalue weighted by Gasteiger charge is -2.30. The number of hydrogen-bond acceptors (Lipinski definition) is 5. The Hall–Kier alpha value is -0.260. The van der Waals surface area contributed by atoms with Crippen LogP contribution in [0, 0.1) is 0 Å². The summed E-state index contributed by atoms with van der Waals surface area (Å²) < 4.78 is 10.5. The first-order chi connectivity index (χ1) is 9.48. The average Bonchev–Trinajstić information content (AvgIpc) is 2.89. The zero-order valence-corrected chi connectivity index (χ0v) is 14.1. The highest BCUT2D eigenvalue weighted by molar-refractivity contribution is 7.99. The van der Waals surface area contributed by atoms with E-state index in [1.807, 2.05) is 32.5 Å². The maximum Gasteiger partial charge on any atom is 0.325 e. The molecule has 4 nitrogen and oxygen atoms in total. The van der Waals surface area contributed by atoms with Crippen molar-refractivity contribution >= 4 is 17.7 Å². The van der Waals surface area contributed by atoms with Gasteiger partial charge in [0.1, 0.15) is 5.54 Å². The van der Waals surface area contributed by atoms with E-state index in [2.05, 4.69) is 5.32 Å². The van der Waals surface area contributed by atoms with E-state index in [0.717, 1.165) is 31.0 Å². The summed E-state index contributed by atoms with van der Waals surface area (Å²) in [5, 5.41) is 3.33. The second kappa shape index (κ2) is 8.90. The predicted molar refractivity (Wildman–Crippen MR) is 84.2 cm³/mol. The molecule has 1 heterocycles. The van der Waals surface area contributed by atoms with Crippen LogP contribution in [0.1, 0.15) is 46.5 Å². The summed E-state index contributed by atoms with van der Waals surface area (Å²) in [6.07, 6.45) is 4.64. The van der Waals surface area contributed by atoms with Crippen molar-refractivity contribution in [2.75, 3.05) is 25.2 Å². The van der Waals surface area contributed by atoms with Gasteiger partial charge in [0, 0.05) is 18.4 Å². The van der Waals surface area contributed by atoms with Gasteiger partial charge in [-0.1, -0.05) is 0 Å². The van der Waals surface area contributed by atoms with Crippen LogP contribution in [0.2, 0.25) is 0 Å². The van der Waals surface area contributed by atoms with Gasteiger partial charge in [0.05, 0.1) is 13.2 Å². The van der Waals surface area contributed by atoms with Crippen molar-refractivity contribution in [3.63, 3.8) is 0 Å². The molecule has 0 aromatic rings. The van der Waals surface area contributed by atoms with Crippen molar-refractivity contribution in [1.29, 1.82) is 0 Å². The summed E-state index contributed by atoms with van der Waals surface area (Å²) in [6.45, 7) is 6.95. The van der Waals surface area contributed by atoms with Gasteiger partial charge in [-0.25, -0.2) is 0 Å². The molecule has 1 aliphatic rings. The minimum absolute atomic E-state index is 0.171. The molecule has 5 heteroatoms. The molecule has 0 aromatic heterocycles. The minimum Gasteiger partial charge on any atom is -0.468 e. The van der Waals surface area contributed by atoms with Gasteiger partial charge < -0.3 is 9.47 Å². The van der Waals surface area contributed by atoms with Crippen molar-refractivity contribution in [1.82, 2.24) is 5.32 Å². The van der Waals surface area contributed by atoms with E-state index in [0.29, 0.717) is 6.10 Å². The Balaban J connectivity index is 2.25. The Bertz CT molecular complexity index is 293. The van der Waals surface area contributed by atoms with E-state index in [4.69, 9.17) is 9.47 Å².